The highest BCUT2D eigenvalue weighted by atomic mass is 16.5. The lowest BCUT2D eigenvalue weighted by atomic mass is 10.1. The van der Waals surface area contributed by atoms with Gasteiger partial charge in [-0.25, -0.2) is 15.0 Å². The Bertz CT molecular complexity index is 1440. The van der Waals surface area contributed by atoms with E-state index in [1.807, 2.05) is 36.4 Å². The molecule has 4 aromatic rings. The standard InChI is InChI=1S/C28H29N9O2/c29-27-32-16-22(17-33-27)24-23-7-9-37(25(23)35-28(34-24)36-10-12-39-13-11-36)18-19-3-5-21(6-4-19)26(38)31-15-20-2-1-8-30-14-20/h1-6,8,14,16-17H,7,9-13,15,18H2,(H,31,38)(H2,29,32,33). The van der Waals surface area contributed by atoms with Gasteiger partial charge in [-0.2, -0.15) is 4.98 Å². The molecule has 1 amide bonds. The number of nitrogens with zero attached hydrogens (tertiary/aromatic N) is 7. The highest BCUT2D eigenvalue weighted by molar-refractivity contribution is 5.94. The molecule has 0 atom stereocenters. The van der Waals surface area contributed by atoms with Crippen LogP contribution in [-0.4, -0.2) is 63.7 Å². The summed E-state index contributed by atoms with van der Waals surface area (Å²) in [6.45, 7) is 4.68. The van der Waals surface area contributed by atoms with Gasteiger partial charge in [0.15, 0.2) is 0 Å². The predicted octanol–water partition coefficient (Wildman–Crippen LogP) is 2.24. The fourth-order valence-electron chi connectivity index (χ4n) is 4.83. The van der Waals surface area contributed by atoms with Gasteiger partial charge in [0.05, 0.1) is 18.9 Å². The van der Waals surface area contributed by atoms with Crippen molar-refractivity contribution >= 4 is 23.6 Å². The number of fused-ring (bicyclic) bond motifs is 1. The van der Waals surface area contributed by atoms with Crippen LogP contribution < -0.4 is 20.9 Å². The maximum Gasteiger partial charge on any atom is 0.251 e. The van der Waals surface area contributed by atoms with Crippen molar-refractivity contribution in [1.82, 2.24) is 30.2 Å². The third-order valence-electron chi connectivity index (χ3n) is 6.91. The van der Waals surface area contributed by atoms with Crippen molar-refractivity contribution in [2.45, 2.75) is 19.5 Å². The van der Waals surface area contributed by atoms with Gasteiger partial charge in [-0.05, 0) is 35.7 Å². The number of carbonyl (C=O) groups is 1. The molecule has 39 heavy (non-hydrogen) atoms. The number of nitrogen functional groups attached to an aromatic ring is 1. The zero-order valence-electron chi connectivity index (χ0n) is 21.5. The molecule has 11 heteroatoms. The average molecular weight is 524 g/mol. The Hall–Kier alpha value is -4.64. The number of hydrogen-bond acceptors (Lipinski definition) is 10. The molecule has 0 spiro atoms. The zero-order chi connectivity index (χ0) is 26.6. The molecule has 0 bridgehead atoms. The first-order valence-electron chi connectivity index (χ1n) is 13.0. The maximum atomic E-state index is 12.6. The van der Waals surface area contributed by atoms with E-state index in [1.165, 1.54) is 0 Å². The van der Waals surface area contributed by atoms with Crippen molar-refractivity contribution in [3.8, 4) is 11.3 Å². The minimum atomic E-state index is -0.116. The molecule has 2 aliphatic heterocycles. The number of nitrogens with two attached hydrogens (primary N) is 1. The van der Waals surface area contributed by atoms with Gasteiger partial charge in [-0.15, -0.1) is 0 Å². The minimum Gasteiger partial charge on any atom is -0.378 e. The average Bonchev–Trinajstić information content (AvgIpc) is 3.39. The van der Waals surface area contributed by atoms with Gasteiger partial charge in [0.1, 0.15) is 5.82 Å². The number of carbonyl (C=O) groups excluding carboxylic acids is 1. The van der Waals surface area contributed by atoms with Gasteiger partial charge >= 0.3 is 0 Å². The number of benzene rings is 1. The highest BCUT2D eigenvalue weighted by Crippen LogP contribution is 2.36. The molecular weight excluding hydrogens is 494 g/mol. The third kappa shape index (κ3) is 5.48. The minimum absolute atomic E-state index is 0.116. The number of anilines is 3. The summed E-state index contributed by atoms with van der Waals surface area (Å²) in [5.74, 6) is 1.71. The van der Waals surface area contributed by atoms with Crippen LogP contribution in [0.15, 0.2) is 61.2 Å². The number of aromatic nitrogens is 5. The van der Waals surface area contributed by atoms with Crippen LogP contribution in [0.2, 0.25) is 0 Å². The Morgan fingerprint density at radius 3 is 2.51 bits per heavy atom. The third-order valence-corrected chi connectivity index (χ3v) is 6.91. The lowest BCUT2D eigenvalue weighted by molar-refractivity contribution is 0.0951. The van der Waals surface area contributed by atoms with Crippen molar-refractivity contribution in [2.24, 2.45) is 0 Å². The summed E-state index contributed by atoms with van der Waals surface area (Å²) in [6, 6.07) is 11.5. The van der Waals surface area contributed by atoms with Crippen LogP contribution in [0.4, 0.5) is 17.7 Å². The molecule has 5 heterocycles. The van der Waals surface area contributed by atoms with E-state index in [2.05, 4.69) is 30.1 Å². The van der Waals surface area contributed by atoms with E-state index in [-0.39, 0.29) is 11.9 Å². The lowest BCUT2D eigenvalue weighted by Crippen LogP contribution is -2.37. The Kier molecular flexibility index (Phi) is 6.96. The largest absolute Gasteiger partial charge is 0.378 e. The molecule has 6 rings (SSSR count). The van der Waals surface area contributed by atoms with E-state index in [1.54, 1.807) is 24.8 Å². The van der Waals surface area contributed by atoms with Crippen molar-refractivity contribution in [3.05, 3.63) is 83.4 Å². The van der Waals surface area contributed by atoms with Gasteiger partial charge in [0.2, 0.25) is 11.9 Å². The molecule has 2 aliphatic rings. The molecule has 1 fully saturated rings. The number of hydrogen-bond donors (Lipinski definition) is 2. The Balaban J connectivity index is 1.22. The number of ether oxygens (including phenoxy) is 1. The van der Waals surface area contributed by atoms with Crippen LogP contribution in [0.1, 0.15) is 27.0 Å². The SMILES string of the molecule is Nc1ncc(-c2nc(N3CCOCC3)nc3c2CCN3Cc2ccc(C(=O)NCc3cccnc3)cc2)cn1. The van der Waals surface area contributed by atoms with Crippen LogP contribution in [0.5, 0.6) is 0 Å². The zero-order valence-corrected chi connectivity index (χ0v) is 21.5. The molecule has 198 valence electrons. The Labute approximate surface area is 226 Å². The molecule has 1 saturated heterocycles. The molecule has 3 aromatic heterocycles. The first kappa shape index (κ1) is 24.7. The van der Waals surface area contributed by atoms with Gasteiger partial charge in [0, 0.05) is 74.2 Å². The summed E-state index contributed by atoms with van der Waals surface area (Å²) in [6.07, 6.45) is 7.71. The number of pyridine rings is 1. The summed E-state index contributed by atoms with van der Waals surface area (Å²) in [7, 11) is 0. The fraction of sp³-hybridized carbons (Fsp3) is 0.286. The lowest BCUT2D eigenvalue weighted by Gasteiger charge is -2.28. The molecule has 0 radical (unpaired) electrons. The second-order valence-corrected chi connectivity index (χ2v) is 9.52. The van der Waals surface area contributed by atoms with E-state index < -0.39 is 0 Å². The van der Waals surface area contributed by atoms with Gasteiger partial charge < -0.3 is 25.6 Å². The predicted molar refractivity (Wildman–Crippen MR) is 147 cm³/mol. The molecule has 0 saturated carbocycles. The van der Waals surface area contributed by atoms with E-state index >= 15 is 0 Å². The summed E-state index contributed by atoms with van der Waals surface area (Å²) in [5, 5.41) is 2.95. The molecule has 0 unspecified atom stereocenters. The fourth-order valence-corrected chi connectivity index (χ4v) is 4.83. The van der Waals surface area contributed by atoms with Crippen LogP contribution in [-0.2, 0) is 24.2 Å². The molecular formula is C28H29N9O2. The topological polar surface area (TPSA) is 135 Å². The smallest absolute Gasteiger partial charge is 0.251 e. The molecule has 3 N–H and O–H groups in total. The monoisotopic (exact) mass is 523 g/mol. The van der Waals surface area contributed by atoms with E-state index in [9.17, 15) is 4.79 Å². The number of nitrogens with one attached hydrogen (secondary N) is 1. The first-order chi connectivity index (χ1) is 19.1. The van der Waals surface area contributed by atoms with Crippen molar-refractivity contribution in [1.29, 1.82) is 0 Å². The summed E-state index contributed by atoms with van der Waals surface area (Å²) < 4.78 is 5.53. The summed E-state index contributed by atoms with van der Waals surface area (Å²) in [5.41, 5.74) is 11.1. The number of amides is 1. The quantitative estimate of drug-likeness (QED) is 0.371. The molecule has 11 nitrogen and oxygen atoms in total. The summed E-state index contributed by atoms with van der Waals surface area (Å²) in [4.78, 5) is 39.5. The second kappa shape index (κ2) is 11.0. The van der Waals surface area contributed by atoms with Gasteiger partial charge in [-0.1, -0.05) is 18.2 Å². The molecule has 0 aliphatic carbocycles. The first-order valence-corrected chi connectivity index (χ1v) is 13.0. The van der Waals surface area contributed by atoms with E-state index in [0.29, 0.717) is 37.8 Å². The Morgan fingerprint density at radius 1 is 0.974 bits per heavy atom. The van der Waals surface area contributed by atoms with Crippen LogP contribution in [0, 0.1) is 0 Å². The van der Waals surface area contributed by atoms with Crippen LogP contribution in [0.3, 0.4) is 0 Å². The van der Waals surface area contributed by atoms with Gasteiger partial charge in [-0.3, -0.25) is 9.78 Å². The summed E-state index contributed by atoms with van der Waals surface area (Å²) >= 11 is 0. The maximum absolute atomic E-state index is 12.6. The normalized spacial score (nSPS) is 14.8. The highest BCUT2D eigenvalue weighted by Gasteiger charge is 2.28. The Morgan fingerprint density at radius 2 is 1.77 bits per heavy atom. The van der Waals surface area contributed by atoms with E-state index in [0.717, 1.165) is 59.8 Å². The van der Waals surface area contributed by atoms with Gasteiger partial charge in [0.25, 0.3) is 5.91 Å². The van der Waals surface area contributed by atoms with Crippen LogP contribution >= 0.6 is 0 Å². The van der Waals surface area contributed by atoms with Crippen molar-refractivity contribution in [2.75, 3.05) is 48.4 Å². The number of morpholine rings is 1. The van der Waals surface area contributed by atoms with Crippen molar-refractivity contribution in [3.63, 3.8) is 0 Å². The molecule has 1 aromatic carbocycles. The van der Waals surface area contributed by atoms with Crippen molar-refractivity contribution < 1.29 is 9.53 Å². The van der Waals surface area contributed by atoms with Crippen LogP contribution in [0.25, 0.3) is 11.3 Å². The van der Waals surface area contributed by atoms with E-state index in [4.69, 9.17) is 20.4 Å². The number of rotatable bonds is 7. The second-order valence-electron chi connectivity index (χ2n) is 9.52.